The maximum absolute atomic E-state index is 3.44. The Labute approximate surface area is 103 Å². The lowest BCUT2D eigenvalue weighted by Crippen LogP contribution is -2.24. The maximum Gasteiger partial charge on any atom is 0.00639 e. The van der Waals surface area contributed by atoms with E-state index in [1.54, 1.807) is 0 Å². The number of hydrogen-bond donors (Lipinski definition) is 1. The summed E-state index contributed by atoms with van der Waals surface area (Å²) in [6.45, 7) is 6.92. The molecule has 0 bridgehead atoms. The third kappa shape index (κ3) is 8.15. The monoisotopic (exact) mass is 227 g/mol. The van der Waals surface area contributed by atoms with Crippen LogP contribution in [0.3, 0.4) is 0 Å². The van der Waals surface area contributed by atoms with E-state index in [0.717, 1.165) is 12.0 Å². The zero-order valence-corrected chi connectivity index (χ0v) is 12.0. The van der Waals surface area contributed by atoms with Crippen LogP contribution in [0.5, 0.6) is 0 Å². The highest BCUT2D eigenvalue weighted by atomic mass is 14.9. The lowest BCUT2D eigenvalue weighted by atomic mass is 9.92. The summed E-state index contributed by atoms with van der Waals surface area (Å²) in [5.74, 6) is 0.985. The highest BCUT2D eigenvalue weighted by Crippen LogP contribution is 2.20. The molecule has 0 fully saturated rings. The minimum absolute atomic E-state index is 0.758. The largest absolute Gasteiger partial charge is 0.317 e. The third-order valence-electron chi connectivity index (χ3n) is 3.75. The second kappa shape index (κ2) is 11.4. The van der Waals surface area contributed by atoms with E-state index in [0.29, 0.717) is 0 Å². The van der Waals surface area contributed by atoms with Gasteiger partial charge in [0.15, 0.2) is 0 Å². The summed E-state index contributed by atoms with van der Waals surface area (Å²) in [6.07, 6.45) is 12.5. The molecule has 0 amide bonds. The van der Waals surface area contributed by atoms with Gasteiger partial charge < -0.3 is 5.32 Å². The molecule has 0 heterocycles. The Morgan fingerprint density at radius 2 is 1.50 bits per heavy atom. The molecule has 1 heteroatoms. The van der Waals surface area contributed by atoms with E-state index in [1.165, 1.54) is 57.8 Å². The second-order valence-corrected chi connectivity index (χ2v) is 5.12. The Balaban J connectivity index is 3.58. The second-order valence-electron chi connectivity index (χ2n) is 5.12. The van der Waals surface area contributed by atoms with Crippen molar-refractivity contribution in [1.82, 2.24) is 5.32 Å². The minimum atomic E-state index is 0.758. The molecular weight excluding hydrogens is 194 g/mol. The van der Waals surface area contributed by atoms with Gasteiger partial charge in [-0.3, -0.25) is 0 Å². The fraction of sp³-hybridized carbons (Fsp3) is 1.00. The van der Waals surface area contributed by atoms with Gasteiger partial charge in [0.05, 0.1) is 0 Å². The first-order valence-corrected chi connectivity index (χ1v) is 7.45. The Kier molecular flexibility index (Phi) is 11.4. The van der Waals surface area contributed by atoms with Crippen molar-refractivity contribution in [1.29, 1.82) is 0 Å². The average Bonchev–Trinajstić information content (AvgIpc) is 2.32. The van der Waals surface area contributed by atoms with Gasteiger partial charge in [0, 0.05) is 6.04 Å². The van der Waals surface area contributed by atoms with Gasteiger partial charge in [-0.15, -0.1) is 0 Å². The van der Waals surface area contributed by atoms with E-state index in [2.05, 4.69) is 33.1 Å². The van der Waals surface area contributed by atoms with Crippen molar-refractivity contribution in [3.8, 4) is 0 Å². The summed E-state index contributed by atoms with van der Waals surface area (Å²) < 4.78 is 0. The molecule has 0 spiro atoms. The van der Waals surface area contributed by atoms with Crippen LogP contribution in [0, 0.1) is 5.92 Å². The fourth-order valence-electron chi connectivity index (χ4n) is 2.48. The van der Waals surface area contributed by atoms with E-state index >= 15 is 0 Å². The average molecular weight is 227 g/mol. The summed E-state index contributed by atoms with van der Waals surface area (Å²) in [5, 5.41) is 3.44. The van der Waals surface area contributed by atoms with Crippen LogP contribution in [0.4, 0.5) is 0 Å². The molecule has 0 aliphatic carbocycles. The van der Waals surface area contributed by atoms with Gasteiger partial charge in [0.1, 0.15) is 0 Å². The van der Waals surface area contributed by atoms with E-state index in [9.17, 15) is 0 Å². The van der Waals surface area contributed by atoms with Gasteiger partial charge in [-0.05, 0) is 25.8 Å². The van der Waals surface area contributed by atoms with Crippen molar-refractivity contribution in [2.24, 2.45) is 5.92 Å². The topological polar surface area (TPSA) is 12.0 Å². The molecule has 16 heavy (non-hydrogen) atoms. The highest BCUT2D eigenvalue weighted by Gasteiger charge is 2.08. The molecule has 2 unspecified atom stereocenters. The summed E-state index contributed by atoms with van der Waals surface area (Å²) in [7, 11) is 2.11. The zero-order chi connectivity index (χ0) is 12.2. The SMILES string of the molecule is CCCCC(CC)CCCC(CCC)NC. The predicted molar refractivity (Wildman–Crippen MR) is 74.9 cm³/mol. The lowest BCUT2D eigenvalue weighted by Gasteiger charge is -2.18. The molecule has 2 atom stereocenters. The van der Waals surface area contributed by atoms with E-state index in [-0.39, 0.29) is 0 Å². The molecule has 0 aliphatic rings. The molecule has 0 aromatic rings. The van der Waals surface area contributed by atoms with Gasteiger partial charge >= 0.3 is 0 Å². The van der Waals surface area contributed by atoms with Crippen LogP contribution < -0.4 is 5.32 Å². The summed E-state index contributed by atoms with van der Waals surface area (Å²) in [5.41, 5.74) is 0. The molecule has 0 saturated carbocycles. The smallest absolute Gasteiger partial charge is 0.00639 e. The van der Waals surface area contributed by atoms with Crippen LogP contribution in [-0.2, 0) is 0 Å². The first kappa shape index (κ1) is 16.0. The van der Waals surface area contributed by atoms with Crippen LogP contribution in [0.25, 0.3) is 0 Å². The van der Waals surface area contributed by atoms with Gasteiger partial charge in [-0.2, -0.15) is 0 Å². The molecule has 1 nitrogen and oxygen atoms in total. The first-order chi connectivity index (χ1) is 7.78. The van der Waals surface area contributed by atoms with Crippen molar-refractivity contribution in [3.63, 3.8) is 0 Å². The first-order valence-electron chi connectivity index (χ1n) is 7.45. The lowest BCUT2D eigenvalue weighted by molar-refractivity contribution is 0.379. The van der Waals surface area contributed by atoms with Gasteiger partial charge in [0.2, 0.25) is 0 Å². The fourth-order valence-corrected chi connectivity index (χ4v) is 2.48. The predicted octanol–water partition coefficient (Wildman–Crippen LogP) is 4.76. The van der Waals surface area contributed by atoms with Crippen LogP contribution in [-0.4, -0.2) is 13.1 Å². The molecule has 0 rings (SSSR count). The minimum Gasteiger partial charge on any atom is -0.317 e. The number of hydrogen-bond acceptors (Lipinski definition) is 1. The Morgan fingerprint density at radius 3 is 2.00 bits per heavy atom. The molecule has 0 aromatic carbocycles. The van der Waals surface area contributed by atoms with E-state index < -0.39 is 0 Å². The van der Waals surface area contributed by atoms with Crippen LogP contribution in [0.15, 0.2) is 0 Å². The van der Waals surface area contributed by atoms with Gasteiger partial charge in [-0.25, -0.2) is 0 Å². The van der Waals surface area contributed by atoms with Crippen LogP contribution in [0.2, 0.25) is 0 Å². The number of unbranched alkanes of at least 4 members (excludes halogenated alkanes) is 1. The standard InChI is InChI=1S/C15H33N/c1-5-8-11-14(7-3)12-9-13-15(16-4)10-6-2/h14-16H,5-13H2,1-4H3. The van der Waals surface area contributed by atoms with E-state index in [4.69, 9.17) is 0 Å². The van der Waals surface area contributed by atoms with Gasteiger partial charge in [0.25, 0.3) is 0 Å². The van der Waals surface area contributed by atoms with Crippen molar-refractivity contribution < 1.29 is 0 Å². The molecule has 98 valence electrons. The van der Waals surface area contributed by atoms with Crippen molar-refractivity contribution in [2.75, 3.05) is 7.05 Å². The highest BCUT2D eigenvalue weighted by molar-refractivity contribution is 4.66. The zero-order valence-electron chi connectivity index (χ0n) is 12.0. The van der Waals surface area contributed by atoms with Crippen molar-refractivity contribution >= 4 is 0 Å². The number of rotatable bonds is 11. The Bertz CT molecular complexity index is 133. The molecular formula is C15H33N. The van der Waals surface area contributed by atoms with Crippen LogP contribution >= 0.6 is 0 Å². The summed E-state index contributed by atoms with van der Waals surface area (Å²) in [6, 6.07) is 0.758. The Morgan fingerprint density at radius 1 is 0.812 bits per heavy atom. The van der Waals surface area contributed by atoms with Crippen molar-refractivity contribution in [3.05, 3.63) is 0 Å². The quantitative estimate of drug-likeness (QED) is 0.536. The maximum atomic E-state index is 3.44. The molecule has 0 aliphatic heterocycles. The Hall–Kier alpha value is -0.0400. The van der Waals surface area contributed by atoms with E-state index in [1.807, 2.05) is 0 Å². The normalized spacial score (nSPS) is 15.0. The summed E-state index contributed by atoms with van der Waals surface area (Å²) in [4.78, 5) is 0. The number of nitrogens with one attached hydrogen (secondary N) is 1. The third-order valence-corrected chi connectivity index (χ3v) is 3.75. The molecule has 0 aromatic heterocycles. The van der Waals surface area contributed by atoms with Gasteiger partial charge in [-0.1, -0.05) is 65.7 Å². The molecule has 0 saturated heterocycles. The molecule has 0 radical (unpaired) electrons. The molecule has 1 N–H and O–H groups in total. The summed E-state index contributed by atoms with van der Waals surface area (Å²) >= 11 is 0. The van der Waals surface area contributed by atoms with Crippen LogP contribution in [0.1, 0.15) is 78.6 Å². The van der Waals surface area contributed by atoms with Crippen molar-refractivity contribution in [2.45, 2.75) is 84.6 Å².